The Hall–Kier alpha value is -0.950. The molecule has 20 heavy (non-hydrogen) atoms. The van der Waals surface area contributed by atoms with Gasteiger partial charge in [0.2, 0.25) is 0 Å². The van der Waals surface area contributed by atoms with Crippen molar-refractivity contribution in [1.82, 2.24) is 9.80 Å². The van der Waals surface area contributed by atoms with Gasteiger partial charge in [-0.2, -0.15) is 11.8 Å². The number of carbonyl (C=O) groups excluding carboxylic acids is 1. The predicted molar refractivity (Wildman–Crippen MR) is 77.0 cm³/mol. The fraction of sp³-hybridized carbons (Fsp3) is 0.846. The first kappa shape index (κ1) is 15.4. The molecular formula is C13H22N2O4S. The highest BCUT2D eigenvalue weighted by Crippen LogP contribution is 2.29. The van der Waals surface area contributed by atoms with Gasteiger partial charge in [0.1, 0.15) is 12.2 Å². The van der Waals surface area contributed by atoms with Crippen molar-refractivity contribution >= 4 is 23.8 Å². The molecule has 2 atom stereocenters. The molecule has 0 radical (unpaired) electrons. The van der Waals surface area contributed by atoms with Gasteiger partial charge in [0.15, 0.2) is 0 Å². The van der Waals surface area contributed by atoms with Crippen LogP contribution in [0, 0.1) is 0 Å². The van der Waals surface area contributed by atoms with Crippen LogP contribution in [0.15, 0.2) is 0 Å². The standard InChI is InChI=1S/C13H22N2O4S/c1-9-4-14(5-10(2)20-9)12(18)15-7-13(3,8-15)19-6-11(16)17/h9-10H,4-8H2,1-3H3,(H,16,17). The highest BCUT2D eigenvalue weighted by molar-refractivity contribution is 8.00. The van der Waals surface area contributed by atoms with Gasteiger partial charge in [-0.05, 0) is 6.92 Å². The quantitative estimate of drug-likeness (QED) is 0.845. The predicted octanol–water partition coefficient (Wildman–Crippen LogP) is 1.11. The van der Waals surface area contributed by atoms with Gasteiger partial charge < -0.3 is 19.6 Å². The number of amides is 2. The second-order valence-corrected chi connectivity index (χ2v) is 7.81. The van der Waals surface area contributed by atoms with Crippen molar-refractivity contribution in [3.63, 3.8) is 0 Å². The Labute approximate surface area is 123 Å². The largest absolute Gasteiger partial charge is 0.480 e. The van der Waals surface area contributed by atoms with Gasteiger partial charge in [-0.15, -0.1) is 0 Å². The number of carbonyl (C=O) groups is 2. The summed E-state index contributed by atoms with van der Waals surface area (Å²) < 4.78 is 5.32. The first-order valence-corrected chi connectivity index (χ1v) is 7.78. The van der Waals surface area contributed by atoms with E-state index in [1.807, 2.05) is 23.6 Å². The van der Waals surface area contributed by atoms with Crippen molar-refractivity contribution in [3.05, 3.63) is 0 Å². The zero-order chi connectivity index (χ0) is 14.9. The summed E-state index contributed by atoms with van der Waals surface area (Å²) in [5.74, 6) is -0.980. The number of carboxylic acids is 1. The van der Waals surface area contributed by atoms with Crippen molar-refractivity contribution in [2.75, 3.05) is 32.8 Å². The molecule has 2 rings (SSSR count). The third-order valence-corrected chi connectivity index (χ3v) is 4.78. The van der Waals surface area contributed by atoms with Crippen molar-refractivity contribution in [1.29, 1.82) is 0 Å². The number of thioether (sulfide) groups is 1. The summed E-state index contributed by atoms with van der Waals surface area (Å²) in [6, 6.07) is 0.0420. The average molecular weight is 302 g/mol. The molecule has 0 spiro atoms. The van der Waals surface area contributed by atoms with E-state index < -0.39 is 11.6 Å². The maximum absolute atomic E-state index is 12.4. The molecule has 0 bridgehead atoms. The minimum atomic E-state index is -0.980. The highest BCUT2D eigenvalue weighted by atomic mass is 32.2. The van der Waals surface area contributed by atoms with Crippen LogP contribution in [-0.2, 0) is 9.53 Å². The van der Waals surface area contributed by atoms with Gasteiger partial charge in [-0.1, -0.05) is 13.8 Å². The molecule has 2 saturated heterocycles. The third-order valence-electron chi connectivity index (χ3n) is 3.56. The molecule has 0 aromatic rings. The number of likely N-dealkylation sites (tertiary alicyclic amines) is 1. The summed E-state index contributed by atoms with van der Waals surface area (Å²) in [7, 11) is 0. The van der Waals surface area contributed by atoms with Crippen LogP contribution in [0.1, 0.15) is 20.8 Å². The summed E-state index contributed by atoms with van der Waals surface area (Å²) in [5.41, 5.74) is -0.518. The number of hydrogen-bond donors (Lipinski definition) is 1. The summed E-state index contributed by atoms with van der Waals surface area (Å²) >= 11 is 1.91. The maximum Gasteiger partial charge on any atom is 0.329 e. The fourth-order valence-corrected chi connectivity index (χ4v) is 4.08. The third kappa shape index (κ3) is 3.58. The molecule has 2 aliphatic heterocycles. The Morgan fingerprint density at radius 3 is 2.30 bits per heavy atom. The SMILES string of the molecule is CC1CN(C(=O)N2CC(C)(OCC(=O)O)C2)CC(C)S1. The van der Waals surface area contributed by atoms with Crippen LogP contribution < -0.4 is 0 Å². The highest BCUT2D eigenvalue weighted by Gasteiger charge is 2.44. The number of rotatable bonds is 3. The molecule has 2 fully saturated rings. The van der Waals surface area contributed by atoms with E-state index in [-0.39, 0.29) is 12.6 Å². The van der Waals surface area contributed by atoms with Gasteiger partial charge >= 0.3 is 12.0 Å². The average Bonchev–Trinajstić information content (AvgIpc) is 2.31. The normalized spacial score (nSPS) is 28.9. The summed E-state index contributed by atoms with van der Waals surface area (Å²) in [6.07, 6.45) is 0. The molecule has 0 aromatic heterocycles. The molecule has 2 aliphatic rings. The van der Waals surface area contributed by atoms with Gasteiger partial charge in [-0.25, -0.2) is 9.59 Å². The fourth-order valence-electron chi connectivity index (χ4n) is 2.76. The molecule has 0 saturated carbocycles. The van der Waals surface area contributed by atoms with Gasteiger partial charge in [0.05, 0.1) is 13.1 Å². The van der Waals surface area contributed by atoms with Gasteiger partial charge in [0, 0.05) is 23.6 Å². The molecule has 114 valence electrons. The first-order chi connectivity index (χ1) is 9.29. The number of aliphatic carboxylic acids is 1. The zero-order valence-electron chi connectivity index (χ0n) is 12.2. The number of carboxylic acid groups (broad SMARTS) is 1. The molecule has 0 aromatic carbocycles. The lowest BCUT2D eigenvalue weighted by atomic mass is 9.97. The van der Waals surface area contributed by atoms with E-state index in [2.05, 4.69) is 13.8 Å². The molecule has 2 amide bonds. The van der Waals surface area contributed by atoms with Crippen LogP contribution in [0.4, 0.5) is 4.79 Å². The van der Waals surface area contributed by atoms with E-state index >= 15 is 0 Å². The van der Waals surface area contributed by atoms with E-state index in [1.54, 1.807) is 4.90 Å². The van der Waals surface area contributed by atoms with Crippen molar-refractivity contribution < 1.29 is 19.4 Å². The van der Waals surface area contributed by atoms with Crippen LogP contribution in [0.3, 0.4) is 0 Å². The lowest BCUT2D eigenvalue weighted by molar-refractivity contribution is -0.160. The summed E-state index contributed by atoms with van der Waals surface area (Å²) in [6.45, 7) is 8.28. The molecule has 0 aliphatic carbocycles. The van der Waals surface area contributed by atoms with Gasteiger partial charge in [-0.3, -0.25) is 0 Å². The molecule has 1 N–H and O–H groups in total. The maximum atomic E-state index is 12.4. The Bertz CT molecular complexity index is 388. The minimum Gasteiger partial charge on any atom is -0.480 e. The van der Waals surface area contributed by atoms with Crippen LogP contribution in [0.5, 0.6) is 0 Å². The molecule has 7 heteroatoms. The smallest absolute Gasteiger partial charge is 0.329 e. The Balaban J connectivity index is 1.82. The molecular weight excluding hydrogens is 280 g/mol. The lowest BCUT2D eigenvalue weighted by Gasteiger charge is -2.49. The van der Waals surface area contributed by atoms with E-state index in [0.717, 1.165) is 13.1 Å². The van der Waals surface area contributed by atoms with Crippen molar-refractivity contribution in [2.45, 2.75) is 36.9 Å². The van der Waals surface area contributed by atoms with Crippen LogP contribution in [-0.4, -0.2) is 75.8 Å². The molecule has 2 heterocycles. The van der Waals surface area contributed by atoms with Crippen LogP contribution in [0.25, 0.3) is 0 Å². The number of nitrogens with zero attached hydrogens (tertiary/aromatic N) is 2. The summed E-state index contributed by atoms with van der Waals surface area (Å²) in [5, 5.41) is 9.53. The Morgan fingerprint density at radius 1 is 1.25 bits per heavy atom. The molecule has 6 nitrogen and oxygen atoms in total. The first-order valence-electron chi connectivity index (χ1n) is 6.84. The van der Waals surface area contributed by atoms with E-state index in [0.29, 0.717) is 23.6 Å². The van der Waals surface area contributed by atoms with E-state index in [1.165, 1.54) is 0 Å². The van der Waals surface area contributed by atoms with Crippen molar-refractivity contribution in [2.24, 2.45) is 0 Å². The van der Waals surface area contributed by atoms with Crippen LogP contribution >= 0.6 is 11.8 Å². The van der Waals surface area contributed by atoms with Crippen LogP contribution in [0.2, 0.25) is 0 Å². The number of ether oxygens (including phenoxy) is 1. The number of urea groups is 1. The van der Waals surface area contributed by atoms with E-state index in [9.17, 15) is 9.59 Å². The Kier molecular flexibility index (Phi) is 4.49. The Morgan fingerprint density at radius 2 is 1.80 bits per heavy atom. The second-order valence-electron chi connectivity index (χ2n) is 5.93. The van der Waals surface area contributed by atoms with Gasteiger partial charge in [0.25, 0.3) is 0 Å². The summed E-state index contributed by atoms with van der Waals surface area (Å²) in [4.78, 5) is 26.5. The monoisotopic (exact) mass is 302 g/mol. The lowest BCUT2D eigenvalue weighted by Crippen LogP contribution is -2.66. The topological polar surface area (TPSA) is 70.1 Å². The van der Waals surface area contributed by atoms with Crippen molar-refractivity contribution in [3.8, 4) is 0 Å². The number of hydrogen-bond acceptors (Lipinski definition) is 4. The minimum absolute atomic E-state index is 0.0420. The second kappa shape index (κ2) is 5.81. The molecule has 2 unspecified atom stereocenters. The van der Waals surface area contributed by atoms with E-state index in [4.69, 9.17) is 9.84 Å². The zero-order valence-corrected chi connectivity index (χ0v) is 13.0.